The van der Waals surface area contributed by atoms with Gasteiger partial charge >= 0.3 is 0 Å². The molecule has 32 heavy (non-hydrogen) atoms. The number of carbonyl (C=O) groups excluding carboxylic acids is 1. The normalized spacial score (nSPS) is 11.2. The maximum absolute atomic E-state index is 12.2. The van der Waals surface area contributed by atoms with E-state index < -0.39 is 0 Å². The highest BCUT2D eigenvalue weighted by Crippen LogP contribution is 2.27. The predicted octanol–water partition coefficient (Wildman–Crippen LogP) is 6.87. The molecule has 0 aliphatic rings. The zero-order chi connectivity index (χ0) is 22.7. The van der Waals surface area contributed by atoms with Crippen molar-refractivity contribution in [3.63, 3.8) is 0 Å². The van der Waals surface area contributed by atoms with E-state index in [1.165, 1.54) is 5.56 Å². The summed E-state index contributed by atoms with van der Waals surface area (Å²) in [4.78, 5) is 16.8. The molecule has 0 atom stereocenters. The molecule has 7 heteroatoms. The van der Waals surface area contributed by atoms with Crippen molar-refractivity contribution < 1.29 is 13.9 Å². The van der Waals surface area contributed by atoms with Crippen LogP contribution in [-0.2, 0) is 11.2 Å². The third-order valence-corrected chi connectivity index (χ3v) is 5.50. The van der Waals surface area contributed by atoms with Gasteiger partial charge in [-0.3, -0.25) is 4.79 Å². The van der Waals surface area contributed by atoms with E-state index in [2.05, 4.69) is 36.3 Å². The van der Waals surface area contributed by atoms with Crippen molar-refractivity contribution >= 4 is 45.9 Å². The molecule has 1 aromatic heterocycles. The Hall–Kier alpha value is -3.02. The third-order valence-electron chi connectivity index (χ3n) is 4.97. The fourth-order valence-corrected chi connectivity index (χ4v) is 3.70. The summed E-state index contributed by atoms with van der Waals surface area (Å²) in [5.74, 6) is 1.21. The fourth-order valence-electron chi connectivity index (χ4n) is 3.24. The Labute approximate surface area is 196 Å². The van der Waals surface area contributed by atoms with Crippen molar-refractivity contribution in [2.45, 2.75) is 26.2 Å². The molecule has 3 aromatic carbocycles. The van der Waals surface area contributed by atoms with E-state index >= 15 is 0 Å². The molecule has 0 aliphatic heterocycles. The maximum atomic E-state index is 12.2. The lowest BCUT2D eigenvalue weighted by Gasteiger charge is -2.09. The van der Waals surface area contributed by atoms with Crippen LogP contribution in [-0.4, -0.2) is 17.5 Å². The molecule has 0 radical (unpaired) electrons. The highest BCUT2D eigenvalue weighted by molar-refractivity contribution is 6.35. The second kappa shape index (κ2) is 9.63. The number of anilines is 1. The van der Waals surface area contributed by atoms with Crippen molar-refractivity contribution in [2.75, 3.05) is 11.9 Å². The van der Waals surface area contributed by atoms with Gasteiger partial charge in [-0.15, -0.1) is 0 Å². The highest BCUT2D eigenvalue weighted by atomic mass is 35.5. The average molecular weight is 469 g/mol. The van der Waals surface area contributed by atoms with Gasteiger partial charge in [0.05, 0.1) is 5.02 Å². The van der Waals surface area contributed by atoms with Crippen LogP contribution in [0.3, 0.4) is 0 Å². The number of aromatic nitrogens is 1. The topological polar surface area (TPSA) is 64.4 Å². The zero-order valence-electron chi connectivity index (χ0n) is 17.7. The molecule has 0 aliphatic carbocycles. The van der Waals surface area contributed by atoms with Crippen molar-refractivity contribution in [2.24, 2.45) is 0 Å². The Bertz CT molecular complexity index is 1250. The number of halogens is 2. The predicted molar refractivity (Wildman–Crippen MR) is 128 cm³/mol. The minimum absolute atomic E-state index is 0.162. The van der Waals surface area contributed by atoms with Crippen molar-refractivity contribution in [1.82, 2.24) is 4.98 Å². The molecule has 0 unspecified atom stereocenters. The van der Waals surface area contributed by atoms with Crippen LogP contribution in [0.2, 0.25) is 10.0 Å². The largest absolute Gasteiger partial charge is 0.482 e. The summed E-state index contributed by atoms with van der Waals surface area (Å²) in [6.45, 7) is 4.15. The van der Waals surface area contributed by atoms with Gasteiger partial charge in [-0.1, -0.05) is 55.2 Å². The van der Waals surface area contributed by atoms with Crippen LogP contribution in [0.25, 0.3) is 11.1 Å². The SMILES string of the molecule is CC(C)c1ccc2oc(Cc3ccc(NC(=O)COc4ccc(Cl)cc4Cl)cc3)nc2c1. The highest BCUT2D eigenvalue weighted by Gasteiger charge is 2.10. The van der Waals surface area contributed by atoms with Gasteiger partial charge in [-0.05, 0) is 59.5 Å². The van der Waals surface area contributed by atoms with Crippen molar-refractivity contribution in [3.8, 4) is 5.75 Å². The van der Waals surface area contributed by atoms with Crippen LogP contribution in [0.1, 0.15) is 36.8 Å². The second-order valence-electron chi connectivity index (χ2n) is 7.77. The number of fused-ring (bicyclic) bond motifs is 1. The first-order chi connectivity index (χ1) is 15.4. The van der Waals surface area contributed by atoms with Gasteiger partial charge in [0.2, 0.25) is 0 Å². The standard InChI is InChI=1S/C25H22Cl2N2O3/c1-15(2)17-5-9-23-21(12-17)29-25(32-23)11-16-3-7-19(8-4-16)28-24(30)14-31-22-10-6-18(26)13-20(22)27/h3-10,12-13,15H,11,14H2,1-2H3,(H,28,30). The van der Waals surface area contributed by atoms with Crippen LogP contribution in [0.15, 0.2) is 65.1 Å². The van der Waals surface area contributed by atoms with Gasteiger partial charge in [0.15, 0.2) is 18.1 Å². The number of carbonyl (C=O) groups is 1. The Kier molecular flexibility index (Phi) is 6.68. The summed E-state index contributed by atoms with van der Waals surface area (Å²) in [6.07, 6.45) is 0.568. The van der Waals surface area contributed by atoms with E-state index in [-0.39, 0.29) is 12.5 Å². The lowest BCUT2D eigenvalue weighted by molar-refractivity contribution is -0.118. The summed E-state index contributed by atoms with van der Waals surface area (Å²) in [7, 11) is 0. The number of ether oxygens (including phenoxy) is 1. The zero-order valence-corrected chi connectivity index (χ0v) is 19.2. The minimum Gasteiger partial charge on any atom is -0.482 e. The summed E-state index contributed by atoms with van der Waals surface area (Å²) in [6, 6.07) is 18.5. The van der Waals surface area contributed by atoms with E-state index in [0.717, 1.165) is 16.7 Å². The van der Waals surface area contributed by atoms with Crippen molar-refractivity contribution in [1.29, 1.82) is 0 Å². The molecule has 0 spiro atoms. The third kappa shape index (κ3) is 5.42. The number of oxazole rings is 1. The lowest BCUT2D eigenvalue weighted by Crippen LogP contribution is -2.20. The van der Waals surface area contributed by atoms with Crippen LogP contribution < -0.4 is 10.1 Å². The molecule has 4 aromatic rings. The number of hydrogen-bond donors (Lipinski definition) is 1. The molecule has 0 saturated heterocycles. The molecule has 1 heterocycles. The smallest absolute Gasteiger partial charge is 0.262 e. The molecule has 4 rings (SSSR count). The Balaban J connectivity index is 1.34. The van der Waals surface area contributed by atoms with Gasteiger partial charge in [0, 0.05) is 17.1 Å². The van der Waals surface area contributed by atoms with Gasteiger partial charge in [0.25, 0.3) is 5.91 Å². The van der Waals surface area contributed by atoms with Crippen LogP contribution in [0.4, 0.5) is 5.69 Å². The van der Waals surface area contributed by atoms with E-state index in [0.29, 0.717) is 39.7 Å². The van der Waals surface area contributed by atoms with E-state index in [9.17, 15) is 4.79 Å². The number of nitrogens with zero attached hydrogens (tertiary/aromatic N) is 1. The number of benzene rings is 3. The fraction of sp³-hybridized carbons (Fsp3) is 0.200. The molecular weight excluding hydrogens is 447 g/mol. The molecule has 0 bridgehead atoms. The van der Waals surface area contributed by atoms with E-state index in [1.54, 1.807) is 18.2 Å². The Morgan fingerprint density at radius 1 is 1.06 bits per heavy atom. The minimum atomic E-state index is -0.288. The number of nitrogens with one attached hydrogen (secondary N) is 1. The molecular formula is C25H22Cl2N2O3. The molecule has 1 amide bonds. The molecule has 0 saturated carbocycles. The Morgan fingerprint density at radius 2 is 1.84 bits per heavy atom. The first-order valence-electron chi connectivity index (χ1n) is 10.2. The first kappa shape index (κ1) is 22.2. The number of hydrogen-bond acceptors (Lipinski definition) is 4. The van der Waals surface area contributed by atoms with E-state index in [4.69, 9.17) is 32.4 Å². The molecule has 1 N–H and O–H groups in total. The van der Waals surface area contributed by atoms with Gasteiger partial charge in [-0.25, -0.2) is 4.98 Å². The van der Waals surface area contributed by atoms with Crippen LogP contribution in [0, 0.1) is 0 Å². The summed E-state index contributed by atoms with van der Waals surface area (Å²) < 4.78 is 11.3. The molecule has 164 valence electrons. The average Bonchev–Trinajstić information content (AvgIpc) is 3.16. The van der Waals surface area contributed by atoms with Gasteiger partial charge < -0.3 is 14.5 Å². The monoisotopic (exact) mass is 468 g/mol. The summed E-state index contributed by atoms with van der Waals surface area (Å²) in [5.41, 5.74) is 4.59. The van der Waals surface area contributed by atoms with Crippen molar-refractivity contribution in [3.05, 3.63) is 87.7 Å². The molecule has 0 fully saturated rings. The number of rotatable bonds is 7. The Morgan fingerprint density at radius 3 is 2.56 bits per heavy atom. The quantitative estimate of drug-likeness (QED) is 0.321. The second-order valence-corrected chi connectivity index (χ2v) is 8.62. The lowest BCUT2D eigenvalue weighted by atomic mass is 10.0. The molecule has 5 nitrogen and oxygen atoms in total. The summed E-state index contributed by atoms with van der Waals surface area (Å²) >= 11 is 11.9. The van der Waals surface area contributed by atoms with Crippen LogP contribution >= 0.6 is 23.2 Å². The first-order valence-corrected chi connectivity index (χ1v) is 11.0. The van der Waals surface area contributed by atoms with Gasteiger partial charge in [-0.2, -0.15) is 0 Å². The van der Waals surface area contributed by atoms with Crippen LogP contribution in [0.5, 0.6) is 5.75 Å². The van der Waals surface area contributed by atoms with E-state index in [1.807, 2.05) is 30.3 Å². The van der Waals surface area contributed by atoms with Gasteiger partial charge in [0.1, 0.15) is 11.3 Å². The summed E-state index contributed by atoms with van der Waals surface area (Å²) in [5, 5.41) is 3.66. The maximum Gasteiger partial charge on any atom is 0.262 e. The number of amides is 1.